The highest BCUT2D eigenvalue weighted by Crippen LogP contribution is 1.99. The first-order valence-electron chi connectivity index (χ1n) is 2.63. The summed E-state index contributed by atoms with van der Waals surface area (Å²) < 4.78 is 5.23. The van der Waals surface area contributed by atoms with Crippen LogP contribution in [-0.4, -0.2) is 22.4 Å². The van der Waals surface area contributed by atoms with E-state index in [0.717, 1.165) is 0 Å². The van der Waals surface area contributed by atoms with Crippen LogP contribution < -0.4 is 0 Å². The fraction of sp³-hybridized carbons (Fsp3) is 1.00. The van der Waals surface area contributed by atoms with E-state index in [2.05, 4.69) is 0 Å². The zero-order valence-corrected chi connectivity index (χ0v) is 7.86. The van der Waals surface area contributed by atoms with Gasteiger partial charge in [0.1, 0.15) is 0 Å². The molecule has 1 radical (unpaired) electrons. The van der Waals surface area contributed by atoms with Gasteiger partial charge in [-0.15, -0.1) is 0 Å². The van der Waals surface area contributed by atoms with Crippen LogP contribution in [-0.2, 0) is 4.12 Å². The third-order valence-corrected chi connectivity index (χ3v) is 4.09. The molecule has 0 aromatic heterocycles. The normalized spacial score (nSPS) is 12.8. The highest BCUT2D eigenvalue weighted by molar-refractivity contribution is 6.71. The molecule has 0 saturated heterocycles. The summed E-state index contributed by atoms with van der Waals surface area (Å²) in [5.41, 5.74) is 0. The maximum Gasteiger partial charge on any atom is 0.318 e. The van der Waals surface area contributed by atoms with Crippen LogP contribution in [0.3, 0.4) is 0 Å². The van der Waals surface area contributed by atoms with Gasteiger partial charge in [0.25, 0.3) is 0 Å². The summed E-state index contributed by atoms with van der Waals surface area (Å²) in [7, 11) is -2.86. The van der Waals surface area contributed by atoms with E-state index in [1.165, 1.54) is 0 Å². The van der Waals surface area contributed by atoms with Crippen LogP contribution in [0.25, 0.3) is 0 Å². The molecule has 0 saturated carbocycles. The fourth-order valence-electron chi connectivity index (χ4n) is 0.500. The van der Waals surface area contributed by atoms with E-state index in [9.17, 15) is 0 Å². The standard InChI is InChI=1S/C4H13O2Si2/c1-7(2)6-8(3,4)5/h5H,1-4H3. The molecule has 4 heteroatoms. The number of rotatable bonds is 2. The molecule has 0 aromatic carbocycles. The third-order valence-electron chi connectivity index (χ3n) is 0.454. The van der Waals surface area contributed by atoms with Gasteiger partial charge in [-0.3, -0.25) is 0 Å². The molecule has 0 unspecified atom stereocenters. The van der Waals surface area contributed by atoms with Crippen molar-refractivity contribution in [2.75, 3.05) is 0 Å². The molecule has 0 aromatic rings. The maximum atomic E-state index is 9.13. The number of hydrogen-bond donors (Lipinski definition) is 1. The van der Waals surface area contributed by atoms with E-state index >= 15 is 0 Å². The van der Waals surface area contributed by atoms with Crippen molar-refractivity contribution in [2.24, 2.45) is 0 Å². The van der Waals surface area contributed by atoms with Crippen LogP contribution in [0.1, 0.15) is 0 Å². The Labute approximate surface area is 53.5 Å². The van der Waals surface area contributed by atoms with Gasteiger partial charge in [-0.1, -0.05) is 0 Å². The largest absolute Gasteiger partial charge is 0.436 e. The molecular formula is C4H13O2Si2. The van der Waals surface area contributed by atoms with Gasteiger partial charge >= 0.3 is 8.56 Å². The third kappa shape index (κ3) is 6.35. The minimum Gasteiger partial charge on any atom is -0.436 e. The molecule has 0 spiro atoms. The van der Waals surface area contributed by atoms with Crippen molar-refractivity contribution >= 4 is 17.6 Å². The Morgan fingerprint density at radius 1 is 1.38 bits per heavy atom. The first-order valence-corrected chi connectivity index (χ1v) is 7.90. The van der Waals surface area contributed by atoms with E-state index < -0.39 is 17.6 Å². The Morgan fingerprint density at radius 2 is 1.75 bits per heavy atom. The molecular weight excluding hydrogens is 136 g/mol. The van der Waals surface area contributed by atoms with Crippen molar-refractivity contribution in [2.45, 2.75) is 26.2 Å². The van der Waals surface area contributed by atoms with Crippen molar-refractivity contribution < 1.29 is 8.91 Å². The SMILES string of the molecule is C[Si](C)O[Si](C)(C)O. The zero-order chi connectivity index (χ0) is 6.78. The van der Waals surface area contributed by atoms with Gasteiger partial charge < -0.3 is 8.91 Å². The van der Waals surface area contributed by atoms with Crippen molar-refractivity contribution in [1.29, 1.82) is 0 Å². The predicted molar refractivity (Wildman–Crippen MR) is 38.3 cm³/mol. The summed E-state index contributed by atoms with van der Waals surface area (Å²) in [6.07, 6.45) is 0. The van der Waals surface area contributed by atoms with Crippen molar-refractivity contribution in [3.05, 3.63) is 0 Å². The minimum atomic E-state index is -2.18. The Bertz CT molecular complexity index is 66.9. The van der Waals surface area contributed by atoms with E-state index in [-0.39, 0.29) is 0 Å². The molecule has 0 aliphatic heterocycles. The van der Waals surface area contributed by atoms with Crippen LogP contribution in [0.5, 0.6) is 0 Å². The van der Waals surface area contributed by atoms with Gasteiger partial charge in [0.2, 0.25) is 0 Å². The Kier molecular flexibility index (Phi) is 2.89. The maximum absolute atomic E-state index is 9.13. The smallest absolute Gasteiger partial charge is 0.318 e. The lowest BCUT2D eigenvalue weighted by atomic mass is 11.9. The van der Waals surface area contributed by atoms with Gasteiger partial charge in [-0.2, -0.15) is 0 Å². The van der Waals surface area contributed by atoms with Crippen molar-refractivity contribution in [1.82, 2.24) is 0 Å². The summed E-state index contributed by atoms with van der Waals surface area (Å²) >= 11 is 0. The van der Waals surface area contributed by atoms with Crippen LogP contribution in [0.2, 0.25) is 26.2 Å². The predicted octanol–water partition coefficient (Wildman–Crippen LogP) is 0.948. The molecule has 0 amide bonds. The Balaban J connectivity index is 3.39. The van der Waals surface area contributed by atoms with Crippen LogP contribution >= 0.6 is 0 Å². The summed E-state index contributed by atoms with van der Waals surface area (Å²) in [4.78, 5) is 9.13. The molecule has 0 aliphatic rings. The molecule has 0 rings (SSSR count). The monoisotopic (exact) mass is 149 g/mol. The average molecular weight is 149 g/mol. The minimum absolute atomic E-state index is 0.680. The van der Waals surface area contributed by atoms with Gasteiger partial charge in [0.15, 0.2) is 9.04 Å². The summed E-state index contributed by atoms with van der Waals surface area (Å²) in [6.45, 7) is 7.61. The second-order valence-corrected chi connectivity index (χ2v) is 7.98. The van der Waals surface area contributed by atoms with Gasteiger partial charge in [0, 0.05) is 0 Å². The van der Waals surface area contributed by atoms with E-state index in [1.54, 1.807) is 13.1 Å². The fourth-order valence-corrected chi connectivity index (χ4v) is 4.50. The lowest BCUT2D eigenvalue weighted by molar-refractivity contribution is 0.398. The van der Waals surface area contributed by atoms with Crippen LogP contribution in [0, 0.1) is 0 Å². The molecule has 8 heavy (non-hydrogen) atoms. The highest BCUT2D eigenvalue weighted by atomic mass is 28.4. The molecule has 0 bridgehead atoms. The summed E-state index contributed by atoms with van der Waals surface area (Å²) in [5.74, 6) is 0. The van der Waals surface area contributed by atoms with E-state index in [4.69, 9.17) is 8.91 Å². The number of hydrogen-bond acceptors (Lipinski definition) is 2. The first kappa shape index (κ1) is 8.35. The zero-order valence-electron chi connectivity index (χ0n) is 5.86. The van der Waals surface area contributed by atoms with Crippen LogP contribution in [0.4, 0.5) is 0 Å². The Hall–Kier alpha value is 0.354. The van der Waals surface area contributed by atoms with Gasteiger partial charge in [0.05, 0.1) is 0 Å². The Morgan fingerprint density at radius 3 is 1.75 bits per heavy atom. The lowest BCUT2D eigenvalue weighted by Gasteiger charge is -2.16. The first-order chi connectivity index (χ1) is 3.42. The lowest BCUT2D eigenvalue weighted by Crippen LogP contribution is -2.34. The molecule has 0 fully saturated rings. The highest BCUT2D eigenvalue weighted by Gasteiger charge is 2.19. The second kappa shape index (κ2) is 2.77. The van der Waals surface area contributed by atoms with Crippen molar-refractivity contribution in [3.8, 4) is 0 Å². The molecule has 49 valence electrons. The van der Waals surface area contributed by atoms with E-state index in [0.29, 0.717) is 0 Å². The van der Waals surface area contributed by atoms with Crippen LogP contribution in [0.15, 0.2) is 0 Å². The molecule has 0 atom stereocenters. The second-order valence-electron chi connectivity index (χ2n) is 2.46. The topological polar surface area (TPSA) is 29.5 Å². The molecule has 2 nitrogen and oxygen atoms in total. The molecule has 0 aliphatic carbocycles. The van der Waals surface area contributed by atoms with Gasteiger partial charge in [-0.05, 0) is 26.2 Å². The molecule has 1 N–H and O–H groups in total. The van der Waals surface area contributed by atoms with E-state index in [1.807, 2.05) is 13.1 Å². The molecule has 0 heterocycles. The quantitative estimate of drug-likeness (QED) is 0.592. The average Bonchev–Trinajstić information content (AvgIpc) is 1.21. The summed E-state index contributed by atoms with van der Waals surface area (Å²) in [6, 6.07) is 0. The van der Waals surface area contributed by atoms with Crippen molar-refractivity contribution in [3.63, 3.8) is 0 Å². The van der Waals surface area contributed by atoms with Gasteiger partial charge in [-0.25, -0.2) is 0 Å². The summed E-state index contributed by atoms with van der Waals surface area (Å²) in [5, 5.41) is 0.